The van der Waals surface area contributed by atoms with Gasteiger partial charge >= 0.3 is 6.18 Å². The SMILES string of the molecule is CCCCC1=NN(C(=O)[C@H](O)c2ccccc2)[C@@](O)(C(F)(F)F)C1. The standard InChI is InChI=1S/C16H19F3N2O3/c1-2-3-9-12-10-15(24,16(17,18)19)21(20-12)14(23)13(22)11-7-5-4-6-8-11/h4-8,13,22,24H,2-3,9-10H2,1H3/t13-,15+/m1/s1. The van der Waals surface area contributed by atoms with Crippen molar-refractivity contribution in [1.29, 1.82) is 0 Å². The number of unbranched alkanes of at least 4 members (excludes halogenated alkanes) is 1. The number of nitrogens with zero attached hydrogens (tertiary/aromatic N) is 2. The van der Waals surface area contributed by atoms with Gasteiger partial charge in [0.05, 0.1) is 0 Å². The molecule has 0 aromatic heterocycles. The second-order valence-electron chi connectivity index (χ2n) is 5.72. The molecule has 0 unspecified atom stereocenters. The van der Waals surface area contributed by atoms with E-state index in [2.05, 4.69) is 5.10 Å². The molecule has 0 aliphatic carbocycles. The average Bonchev–Trinajstić information content (AvgIpc) is 2.90. The molecule has 24 heavy (non-hydrogen) atoms. The van der Waals surface area contributed by atoms with Crippen molar-refractivity contribution in [2.75, 3.05) is 0 Å². The molecule has 0 spiro atoms. The van der Waals surface area contributed by atoms with Crippen LogP contribution < -0.4 is 0 Å². The van der Waals surface area contributed by atoms with Crippen LogP contribution in [-0.4, -0.2) is 38.7 Å². The molecule has 1 amide bonds. The third-order valence-electron chi connectivity index (χ3n) is 3.87. The molecule has 2 atom stereocenters. The number of rotatable bonds is 5. The number of benzene rings is 1. The summed E-state index contributed by atoms with van der Waals surface area (Å²) in [5.41, 5.74) is -3.21. The maximum Gasteiger partial charge on any atom is 0.438 e. The van der Waals surface area contributed by atoms with E-state index in [1.807, 2.05) is 6.92 Å². The summed E-state index contributed by atoms with van der Waals surface area (Å²) in [4.78, 5) is 12.3. The highest BCUT2D eigenvalue weighted by molar-refractivity contribution is 5.92. The van der Waals surface area contributed by atoms with Crippen LogP contribution in [0.4, 0.5) is 13.2 Å². The first kappa shape index (κ1) is 18.4. The Balaban J connectivity index is 2.31. The summed E-state index contributed by atoms with van der Waals surface area (Å²) in [6.45, 7) is 1.87. The summed E-state index contributed by atoms with van der Waals surface area (Å²) in [6, 6.07) is 7.55. The minimum Gasteiger partial charge on any atom is -0.378 e. The molecule has 0 saturated heterocycles. The minimum atomic E-state index is -5.09. The Morgan fingerprint density at radius 2 is 2.00 bits per heavy atom. The molecular formula is C16H19F3N2O3. The van der Waals surface area contributed by atoms with E-state index in [1.165, 1.54) is 12.1 Å². The maximum atomic E-state index is 13.3. The number of amides is 1. The second kappa shape index (κ2) is 6.90. The monoisotopic (exact) mass is 344 g/mol. The van der Waals surface area contributed by atoms with E-state index in [4.69, 9.17) is 0 Å². The predicted octanol–water partition coefficient (Wildman–Crippen LogP) is 2.75. The van der Waals surface area contributed by atoms with E-state index in [0.717, 1.165) is 6.42 Å². The number of carbonyl (C=O) groups is 1. The first-order valence-electron chi connectivity index (χ1n) is 7.63. The molecule has 1 aromatic carbocycles. The Labute approximate surface area is 137 Å². The molecule has 8 heteroatoms. The van der Waals surface area contributed by atoms with Gasteiger partial charge in [0.25, 0.3) is 11.6 Å². The zero-order valence-electron chi connectivity index (χ0n) is 13.1. The topological polar surface area (TPSA) is 73.1 Å². The quantitative estimate of drug-likeness (QED) is 0.863. The van der Waals surface area contributed by atoms with Crippen LogP contribution in [0.15, 0.2) is 35.4 Å². The van der Waals surface area contributed by atoms with Crippen molar-refractivity contribution in [2.45, 2.75) is 50.6 Å². The van der Waals surface area contributed by atoms with Gasteiger partial charge in [-0.15, -0.1) is 0 Å². The molecule has 1 aliphatic rings. The van der Waals surface area contributed by atoms with Gasteiger partial charge < -0.3 is 10.2 Å². The summed E-state index contributed by atoms with van der Waals surface area (Å²) < 4.78 is 40.0. The van der Waals surface area contributed by atoms with Crippen LogP contribution >= 0.6 is 0 Å². The maximum absolute atomic E-state index is 13.3. The van der Waals surface area contributed by atoms with Gasteiger partial charge in [-0.25, -0.2) is 0 Å². The van der Waals surface area contributed by atoms with Crippen LogP contribution in [0.1, 0.15) is 44.3 Å². The van der Waals surface area contributed by atoms with Gasteiger partial charge in [0.2, 0.25) is 0 Å². The van der Waals surface area contributed by atoms with Gasteiger partial charge in [-0.3, -0.25) is 4.79 Å². The molecule has 0 saturated carbocycles. The van der Waals surface area contributed by atoms with Crippen molar-refractivity contribution in [1.82, 2.24) is 5.01 Å². The fraction of sp³-hybridized carbons (Fsp3) is 0.500. The lowest BCUT2D eigenvalue weighted by atomic mass is 10.0. The lowest BCUT2D eigenvalue weighted by Gasteiger charge is -2.33. The van der Waals surface area contributed by atoms with Crippen molar-refractivity contribution in [3.63, 3.8) is 0 Å². The number of hydrazone groups is 1. The average molecular weight is 344 g/mol. The number of hydrogen-bond acceptors (Lipinski definition) is 4. The third-order valence-corrected chi connectivity index (χ3v) is 3.87. The van der Waals surface area contributed by atoms with E-state index in [9.17, 15) is 28.2 Å². The molecular weight excluding hydrogens is 325 g/mol. The van der Waals surface area contributed by atoms with Gasteiger partial charge in [0.15, 0.2) is 6.10 Å². The minimum absolute atomic E-state index is 0.0182. The lowest BCUT2D eigenvalue weighted by molar-refractivity contribution is -0.303. The predicted molar refractivity (Wildman–Crippen MR) is 80.8 cm³/mol. The molecule has 1 aromatic rings. The van der Waals surface area contributed by atoms with Crippen LogP contribution in [0, 0.1) is 0 Å². The Bertz CT molecular complexity index is 619. The lowest BCUT2D eigenvalue weighted by Crippen LogP contribution is -2.57. The molecule has 132 valence electrons. The van der Waals surface area contributed by atoms with Gasteiger partial charge in [-0.2, -0.15) is 23.3 Å². The summed E-state index contributed by atoms with van der Waals surface area (Å²) in [6.07, 6.45) is -6.14. The number of hydrogen-bond donors (Lipinski definition) is 2. The number of alkyl halides is 3. The van der Waals surface area contributed by atoms with Crippen molar-refractivity contribution in [2.24, 2.45) is 5.10 Å². The largest absolute Gasteiger partial charge is 0.438 e. The highest BCUT2D eigenvalue weighted by Crippen LogP contribution is 2.42. The highest BCUT2D eigenvalue weighted by atomic mass is 19.4. The second-order valence-corrected chi connectivity index (χ2v) is 5.72. The fourth-order valence-electron chi connectivity index (χ4n) is 2.48. The van der Waals surface area contributed by atoms with Crippen LogP contribution in [-0.2, 0) is 4.79 Å². The number of aliphatic hydroxyl groups is 2. The Morgan fingerprint density at radius 3 is 2.54 bits per heavy atom. The zero-order valence-corrected chi connectivity index (χ0v) is 13.1. The Kier molecular flexibility index (Phi) is 5.29. The number of carbonyl (C=O) groups excluding carboxylic acids is 1. The molecule has 2 rings (SSSR count). The fourth-order valence-corrected chi connectivity index (χ4v) is 2.48. The first-order chi connectivity index (χ1) is 11.2. The van der Waals surface area contributed by atoms with Crippen molar-refractivity contribution < 1.29 is 28.2 Å². The van der Waals surface area contributed by atoms with E-state index in [-0.39, 0.29) is 22.7 Å². The smallest absolute Gasteiger partial charge is 0.378 e. The van der Waals surface area contributed by atoms with Crippen LogP contribution in [0.3, 0.4) is 0 Å². The molecule has 5 nitrogen and oxygen atoms in total. The molecule has 0 radical (unpaired) electrons. The van der Waals surface area contributed by atoms with Crippen molar-refractivity contribution >= 4 is 11.6 Å². The van der Waals surface area contributed by atoms with Crippen molar-refractivity contribution in [3.8, 4) is 0 Å². The molecule has 1 heterocycles. The van der Waals surface area contributed by atoms with E-state index < -0.39 is 30.3 Å². The van der Waals surface area contributed by atoms with E-state index in [0.29, 0.717) is 6.42 Å². The summed E-state index contributed by atoms with van der Waals surface area (Å²) in [7, 11) is 0. The number of aliphatic hydroxyl groups excluding tert-OH is 1. The van der Waals surface area contributed by atoms with Crippen molar-refractivity contribution in [3.05, 3.63) is 35.9 Å². The highest BCUT2D eigenvalue weighted by Gasteiger charge is 2.63. The zero-order chi connectivity index (χ0) is 18.0. The number of halogens is 3. The summed E-state index contributed by atoms with van der Waals surface area (Å²) >= 11 is 0. The Morgan fingerprint density at radius 1 is 1.38 bits per heavy atom. The van der Waals surface area contributed by atoms with E-state index >= 15 is 0 Å². The normalized spacial score (nSPS) is 22.4. The van der Waals surface area contributed by atoms with Gasteiger partial charge in [-0.1, -0.05) is 43.7 Å². The van der Waals surface area contributed by atoms with Gasteiger partial charge in [0, 0.05) is 12.1 Å². The van der Waals surface area contributed by atoms with Gasteiger partial charge in [0.1, 0.15) is 0 Å². The van der Waals surface area contributed by atoms with Crippen LogP contribution in [0.2, 0.25) is 0 Å². The molecule has 2 N–H and O–H groups in total. The molecule has 0 fully saturated rings. The van der Waals surface area contributed by atoms with Crippen LogP contribution in [0.25, 0.3) is 0 Å². The first-order valence-corrected chi connectivity index (χ1v) is 7.63. The molecule has 0 bridgehead atoms. The van der Waals surface area contributed by atoms with Gasteiger partial charge in [-0.05, 0) is 18.4 Å². The Hall–Kier alpha value is -1.93. The van der Waals surface area contributed by atoms with E-state index in [1.54, 1.807) is 18.2 Å². The molecule has 1 aliphatic heterocycles. The third kappa shape index (κ3) is 3.44. The van der Waals surface area contributed by atoms with Crippen LogP contribution in [0.5, 0.6) is 0 Å². The summed E-state index contributed by atoms with van der Waals surface area (Å²) in [5, 5.41) is 23.8. The summed E-state index contributed by atoms with van der Waals surface area (Å²) in [5.74, 6) is -1.31.